The van der Waals surface area contributed by atoms with Crippen LogP contribution in [-0.4, -0.2) is 15.0 Å². The zero-order valence-corrected chi connectivity index (χ0v) is 11.9. The maximum atomic E-state index is 6.04. The maximum Gasteiger partial charge on any atom is 0.113 e. The van der Waals surface area contributed by atoms with E-state index in [9.17, 15) is 0 Å². The number of benzene rings is 2. The van der Waals surface area contributed by atoms with E-state index >= 15 is 0 Å². The van der Waals surface area contributed by atoms with E-state index in [2.05, 4.69) is 17.2 Å². The summed E-state index contributed by atoms with van der Waals surface area (Å²) in [4.78, 5) is 0. The Hall–Kier alpha value is -2.13. The van der Waals surface area contributed by atoms with Crippen molar-refractivity contribution in [3.05, 3.63) is 65.3 Å². The van der Waals surface area contributed by atoms with E-state index in [1.807, 2.05) is 54.7 Å². The molecule has 0 aliphatic heterocycles. The molecule has 4 heteroatoms. The zero-order chi connectivity index (χ0) is 13.9. The standard InChI is InChI=1S/C16H14ClN3/c1-2-12-10-14(17)8-9-16(12)20-11-15(18-19-20)13-6-4-3-5-7-13/h3-11H,2H2,1H3. The van der Waals surface area contributed by atoms with Crippen LogP contribution in [0.2, 0.25) is 5.02 Å². The minimum absolute atomic E-state index is 0.744. The van der Waals surface area contributed by atoms with Gasteiger partial charge in [0.1, 0.15) is 5.69 Å². The largest absolute Gasteiger partial charge is 0.220 e. The highest BCUT2D eigenvalue weighted by Gasteiger charge is 2.08. The van der Waals surface area contributed by atoms with Crippen molar-refractivity contribution in [1.29, 1.82) is 0 Å². The van der Waals surface area contributed by atoms with Crippen molar-refractivity contribution in [2.45, 2.75) is 13.3 Å². The van der Waals surface area contributed by atoms with E-state index in [4.69, 9.17) is 11.6 Å². The number of aromatic nitrogens is 3. The van der Waals surface area contributed by atoms with Crippen LogP contribution in [0.5, 0.6) is 0 Å². The molecule has 0 saturated heterocycles. The molecule has 0 atom stereocenters. The average Bonchev–Trinajstić information content (AvgIpc) is 2.97. The Labute approximate surface area is 122 Å². The molecule has 0 aliphatic rings. The van der Waals surface area contributed by atoms with Crippen LogP contribution in [-0.2, 0) is 6.42 Å². The van der Waals surface area contributed by atoms with Gasteiger partial charge in [0.25, 0.3) is 0 Å². The Bertz CT molecular complexity index is 720. The van der Waals surface area contributed by atoms with Crippen LogP contribution in [0.4, 0.5) is 0 Å². The van der Waals surface area contributed by atoms with E-state index in [0.717, 1.165) is 34.0 Å². The lowest BCUT2D eigenvalue weighted by Gasteiger charge is -2.07. The van der Waals surface area contributed by atoms with Gasteiger partial charge in [-0.15, -0.1) is 5.10 Å². The summed E-state index contributed by atoms with van der Waals surface area (Å²) < 4.78 is 1.80. The third kappa shape index (κ3) is 2.45. The molecule has 0 bridgehead atoms. The Morgan fingerprint density at radius 2 is 1.90 bits per heavy atom. The van der Waals surface area contributed by atoms with Gasteiger partial charge >= 0.3 is 0 Å². The van der Waals surface area contributed by atoms with Gasteiger partial charge < -0.3 is 0 Å². The molecular formula is C16H14ClN3. The maximum absolute atomic E-state index is 6.04. The van der Waals surface area contributed by atoms with E-state index in [-0.39, 0.29) is 0 Å². The van der Waals surface area contributed by atoms with Gasteiger partial charge in [-0.3, -0.25) is 0 Å². The Morgan fingerprint density at radius 3 is 2.65 bits per heavy atom. The molecule has 0 amide bonds. The lowest BCUT2D eigenvalue weighted by Crippen LogP contribution is -1.99. The van der Waals surface area contributed by atoms with E-state index < -0.39 is 0 Å². The van der Waals surface area contributed by atoms with Crippen LogP contribution in [0.15, 0.2) is 54.7 Å². The predicted octanol–water partition coefficient (Wildman–Crippen LogP) is 4.15. The van der Waals surface area contributed by atoms with Crippen LogP contribution in [0.3, 0.4) is 0 Å². The highest BCUT2D eigenvalue weighted by molar-refractivity contribution is 6.30. The molecule has 0 radical (unpaired) electrons. The van der Waals surface area contributed by atoms with Crippen LogP contribution < -0.4 is 0 Å². The molecule has 0 spiro atoms. The SMILES string of the molecule is CCc1cc(Cl)ccc1-n1cc(-c2ccccc2)nn1. The molecule has 20 heavy (non-hydrogen) atoms. The number of halogens is 1. The fourth-order valence-corrected chi connectivity index (χ4v) is 2.38. The lowest BCUT2D eigenvalue weighted by molar-refractivity contribution is 0.794. The fraction of sp³-hybridized carbons (Fsp3) is 0.125. The first kappa shape index (κ1) is 12.9. The number of hydrogen-bond donors (Lipinski definition) is 0. The summed E-state index contributed by atoms with van der Waals surface area (Å²) in [5.74, 6) is 0. The number of aryl methyl sites for hydroxylation is 1. The lowest BCUT2D eigenvalue weighted by atomic mass is 10.1. The summed E-state index contributed by atoms with van der Waals surface area (Å²) in [5.41, 5.74) is 4.10. The third-order valence-corrected chi connectivity index (χ3v) is 3.47. The molecule has 3 rings (SSSR count). The molecule has 0 N–H and O–H groups in total. The van der Waals surface area contributed by atoms with Gasteiger partial charge in [0.05, 0.1) is 11.9 Å². The topological polar surface area (TPSA) is 30.7 Å². The van der Waals surface area contributed by atoms with E-state index in [1.165, 1.54) is 0 Å². The van der Waals surface area contributed by atoms with Crippen molar-refractivity contribution in [2.24, 2.45) is 0 Å². The van der Waals surface area contributed by atoms with Crippen molar-refractivity contribution in [1.82, 2.24) is 15.0 Å². The second-order valence-corrected chi connectivity index (χ2v) is 4.98. The molecule has 2 aromatic carbocycles. The predicted molar refractivity (Wildman–Crippen MR) is 81.2 cm³/mol. The molecular weight excluding hydrogens is 270 g/mol. The van der Waals surface area contributed by atoms with E-state index in [1.54, 1.807) is 4.68 Å². The van der Waals surface area contributed by atoms with Crippen LogP contribution >= 0.6 is 11.6 Å². The fourth-order valence-electron chi connectivity index (χ4n) is 2.18. The molecule has 100 valence electrons. The monoisotopic (exact) mass is 283 g/mol. The van der Waals surface area contributed by atoms with E-state index in [0.29, 0.717) is 0 Å². The van der Waals surface area contributed by atoms with Crippen LogP contribution in [0.25, 0.3) is 16.9 Å². The second-order valence-electron chi connectivity index (χ2n) is 4.54. The smallest absolute Gasteiger partial charge is 0.113 e. The first-order valence-electron chi connectivity index (χ1n) is 6.54. The quantitative estimate of drug-likeness (QED) is 0.723. The van der Waals surface area contributed by atoms with Gasteiger partial charge in [0.15, 0.2) is 0 Å². The van der Waals surface area contributed by atoms with Crippen molar-refractivity contribution < 1.29 is 0 Å². The highest BCUT2D eigenvalue weighted by atomic mass is 35.5. The van der Waals surface area contributed by atoms with Crippen molar-refractivity contribution in [3.63, 3.8) is 0 Å². The molecule has 3 nitrogen and oxygen atoms in total. The Morgan fingerprint density at radius 1 is 1.10 bits per heavy atom. The Kier molecular flexibility index (Phi) is 3.52. The second kappa shape index (κ2) is 5.47. The summed E-state index contributed by atoms with van der Waals surface area (Å²) in [6, 6.07) is 15.9. The van der Waals surface area contributed by atoms with Crippen LogP contribution in [0, 0.1) is 0 Å². The Balaban J connectivity index is 2.02. The van der Waals surface area contributed by atoms with Gasteiger partial charge in [-0.05, 0) is 30.2 Å². The normalized spacial score (nSPS) is 10.7. The minimum atomic E-state index is 0.744. The summed E-state index contributed by atoms with van der Waals surface area (Å²) in [6.45, 7) is 2.10. The molecule has 3 aromatic rings. The minimum Gasteiger partial charge on any atom is -0.220 e. The first-order valence-corrected chi connectivity index (χ1v) is 6.92. The number of hydrogen-bond acceptors (Lipinski definition) is 2. The van der Waals surface area contributed by atoms with Gasteiger partial charge in [-0.1, -0.05) is 54.1 Å². The molecule has 1 aromatic heterocycles. The van der Waals surface area contributed by atoms with Crippen molar-refractivity contribution >= 4 is 11.6 Å². The molecule has 1 heterocycles. The van der Waals surface area contributed by atoms with Gasteiger partial charge in [-0.2, -0.15) is 0 Å². The number of nitrogens with zero attached hydrogens (tertiary/aromatic N) is 3. The average molecular weight is 284 g/mol. The van der Waals surface area contributed by atoms with Crippen molar-refractivity contribution in [3.8, 4) is 16.9 Å². The van der Waals surface area contributed by atoms with Crippen molar-refractivity contribution in [2.75, 3.05) is 0 Å². The molecule has 0 unspecified atom stereocenters. The highest BCUT2D eigenvalue weighted by Crippen LogP contribution is 2.22. The van der Waals surface area contributed by atoms with Gasteiger partial charge in [0.2, 0.25) is 0 Å². The van der Waals surface area contributed by atoms with Gasteiger partial charge in [0, 0.05) is 10.6 Å². The summed E-state index contributed by atoms with van der Waals surface area (Å²) in [6.07, 6.45) is 2.84. The molecule has 0 fully saturated rings. The van der Waals surface area contributed by atoms with Gasteiger partial charge in [-0.25, -0.2) is 4.68 Å². The molecule has 0 aliphatic carbocycles. The molecule has 0 saturated carbocycles. The zero-order valence-electron chi connectivity index (χ0n) is 11.1. The summed E-state index contributed by atoms with van der Waals surface area (Å²) in [7, 11) is 0. The number of rotatable bonds is 3. The summed E-state index contributed by atoms with van der Waals surface area (Å²) in [5, 5.41) is 9.21. The third-order valence-electron chi connectivity index (χ3n) is 3.23. The summed E-state index contributed by atoms with van der Waals surface area (Å²) >= 11 is 6.04. The first-order chi connectivity index (χ1) is 9.78. The van der Waals surface area contributed by atoms with Crippen LogP contribution in [0.1, 0.15) is 12.5 Å².